The van der Waals surface area contributed by atoms with E-state index in [0.29, 0.717) is 11.4 Å². The number of carboxylic acids is 1. The third-order valence-corrected chi connectivity index (χ3v) is 3.50. The molecule has 0 atom stereocenters. The molecule has 1 aliphatic heterocycles. The lowest BCUT2D eigenvalue weighted by atomic mass is 9.85. The van der Waals surface area contributed by atoms with E-state index in [1.807, 2.05) is 0 Å². The number of carbonyl (C=O) groups is 3. The monoisotopic (exact) mass is 311 g/mol. The van der Waals surface area contributed by atoms with Crippen molar-refractivity contribution in [3.05, 3.63) is 22.7 Å². The zero-order chi connectivity index (χ0) is 15.8. The van der Waals surface area contributed by atoms with Gasteiger partial charge in [0.1, 0.15) is 5.75 Å². The molecule has 1 aliphatic rings. The van der Waals surface area contributed by atoms with Gasteiger partial charge in [0.2, 0.25) is 0 Å². The highest BCUT2D eigenvalue weighted by atomic mass is 35.5. The summed E-state index contributed by atoms with van der Waals surface area (Å²) in [5.74, 6) is -1.41. The van der Waals surface area contributed by atoms with Crippen LogP contribution < -0.4 is 10.1 Å². The lowest BCUT2D eigenvalue weighted by molar-refractivity contribution is -0.146. The van der Waals surface area contributed by atoms with Gasteiger partial charge in [0, 0.05) is 12.0 Å². The fraction of sp³-hybridized carbons (Fsp3) is 0.357. The Balaban J connectivity index is 2.31. The standard InChI is InChI=1S/C14H14ClNO5/c1-14(2,13(19)20)5-10(17)7-3-11-9(4-8(7)15)16-12(18)6-21-11/h3-4H,5-6H2,1-2H3,(H,16,18)(H,19,20). The molecule has 0 radical (unpaired) electrons. The molecule has 21 heavy (non-hydrogen) atoms. The van der Waals surface area contributed by atoms with Crippen LogP contribution in [0.1, 0.15) is 30.6 Å². The molecule has 2 N–H and O–H groups in total. The van der Waals surface area contributed by atoms with Crippen molar-refractivity contribution < 1.29 is 24.2 Å². The highest BCUT2D eigenvalue weighted by molar-refractivity contribution is 6.34. The fourth-order valence-electron chi connectivity index (χ4n) is 1.89. The molecule has 0 aromatic heterocycles. The molecule has 2 rings (SSSR count). The Morgan fingerprint density at radius 2 is 2.10 bits per heavy atom. The Kier molecular flexibility index (Phi) is 3.91. The predicted molar refractivity (Wildman–Crippen MR) is 75.9 cm³/mol. The number of carbonyl (C=O) groups excluding carboxylic acids is 2. The second kappa shape index (κ2) is 5.37. The van der Waals surface area contributed by atoms with Crippen molar-refractivity contribution in [1.29, 1.82) is 0 Å². The summed E-state index contributed by atoms with van der Waals surface area (Å²) in [5.41, 5.74) is -0.614. The first kappa shape index (κ1) is 15.3. The average Bonchev–Trinajstić information content (AvgIpc) is 2.36. The van der Waals surface area contributed by atoms with Crippen LogP contribution >= 0.6 is 11.6 Å². The number of rotatable bonds is 4. The summed E-state index contributed by atoms with van der Waals surface area (Å²) in [5, 5.41) is 11.8. The van der Waals surface area contributed by atoms with Crippen molar-refractivity contribution in [1.82, 2.24) is 0 Å². The van der Waals surface area contributed by atoms with Crippen LogP contribution in [0.4, 0.5) is 5.69 Å². The van der Waals surface area contributed by atoms with Gasteiger partial charge in [-0.25, -0.2) is 0 Å². The number of benzene rings is 1. The SMILES string of the molecule is CC(C)(CC(=O)c1cc2c(cc1Cl)NC(=O)CO2)C(=O)O. The van der Waals surface area contributed by atoms with E-state index in [0.717, 1.165) is 0 Å². The number of fused-ring (bicyclic) bond motifs is 1. The first-order valence-corrected chi connectivity index (χ1v) is 6.61. The molecule has 1 aromatic rings. The van der Waals surface area contributed by atoms with Crippen molar-refractivity contribution in [3.63, 3.8) is 0 Å². The number of ketones is 1. The molecule has 0 bridgehead atoms. The maximum absolute atomic E-state index is 12.2. The number of amides is 1. The van der Waals surface area contributed by atoms with Gasteiger partial charge in [0.05, 0.1) is 16.1 Å². The maximum atomic E-state index is 12.2. The smallest absolute Gasteiger partial charge is 0.309 e. The van der Waals surface area contributed by atoms with Gasteiger partial charge < -0.3 is 15.2 Å². The lowest BCUT2D eigenvalue weighted by Gasteiger charge is -2.21. The summed E-state index contributed by atoms with van der Waals surface area (Å²) in [6.07, 6.45) is -0.187. The van der Waals surface area contributed by atoms with Crippen LogP contribution in [0.25, 0.3) is 0 Å². The number of ether oxygens (including phenoxy) is 1. The second-order valence-corrected chi connectivity index (χ2v) is 5.86. The number of nitrogens with one attached hydrogen (secondary N) is 1. The van der Waals surface area contributed by atoms with Gasteiger partial charge in [-0.3, -0.25) is 14.4 Å². The van der Waals surface area contributed by atoms with E-state index in [1.165, 1.54) is 26.0 Å². The quantitative estimate of drug-likeness (QED) is 0.833. The first-order chi connectivity index (χ1) is 9.70. The highest BCUT2D eigenvalue weighted by Gasteiger charge is 2.32. The molecule has 1 amide bonds. The topological polar surface area (TPSA) is 92.7 Å². The van der Waals surface area contributed by atoms with E-state index in [9.17, 15) is 14.4 Å². The molecule has 0 saturated heterocycles. The van der Waals surface area contributed by atoms with Crippen LogP contribution in [0.15, 0.2) is 12.1 Å². The molecule has 0 aliphatic carbocycles. The Hall–Kier alpha value is -2.08. The van der Waals surface area contributed by atoms with Gasteiger partial charge in [-0.2, -0.15) is 0 Å². The number of halogens is 1. The Bertz CT molecular complexity index is 638. The minimum absolute atomic E-state index is 0.136. The molecular weight excluding hydrogens is 298 g/mol. The molecule has 112 valence electrons. The first-order valence-electron chi connectivity index (χ1n) is 6.23. The summed E-state index contributed by atoms with van der Waals surface area (Å²) < 4.78 is 5.22. The zero-order valence-corrected chi connectivity index (χ0v) is 12.3. The summed E-state index contributed by atoms with van der Waals surface area (Å²) in [4.78, 5) is 34.5. The van der Waals surface area contributed by atoms with Gasteiger partial charge in [-0.05, 0) is 26.0 Å². The molecule has 6 nitrogen and oxygen atoms in total. The summed E-state index contributed by atoms with van der Waals surface area (Å²) >= 11 is 6.04. The van der Waals surface area contributed by atoms with Gasteiger partial charge >= 0.3 is 5.97 Å². The zero-order valence-electron chi connectivity index (χ0n) is 11.5. The van der Waals surface area contributed by atoms with E-state index in [-0.39, 0.29) is 29.5 Å². The van der Waals surface area contributed by atoms with Gasteiger partial charge in [-0.15, -0.1) is 0 Å². The molecule has 0 fully saturated rings. The molecule has 1 aromatic carbocycles. The maximum Gasteiger partial charge on any atom is 0.309 e. The van der Waals surface area contributed by atoms with Crippen LogP contribution in [0.3, 0.4) is 0 Å². The minimum Gasteiger partial charge on any atom is -0.482 e. The van der Waals surface area contributed by atoms with E-state index < -0.39 is 17.2 Å². The van der Waals surface area contributed by atoms with Crippen molar-refractivity contribution in [2.45, 2.75) is 20.3 Å². The van der Waals surface area contributed by atoms with Crippen LogP contribution in [-0.4, -0.2) is 29.4 Å². The van der Waals surface area contributed by atoms with Gasteiger partial charge in [0.15, 0.2) is 12.4 Å². The minimum atomic E-state index is -1.19. The highest BCUT2D eigenvalue weighted by Crippen LogP contribution is 2.35. The van der Waals surface area contributed by atoms with Gasteiger partial charge in [0.25, 0.3) is 5.91 Å². The normalized spacial score (nSPS) is 14.0. The van der Waals surface area contributed by atoms with Crippen molar-refractivity contribution in [2.24, 2.45) is 5.41 Å². The third-order valence-electron chi connectivity index (χ3n) is 3.18. The molecule has 1 heterocycles. The van der Waals surface area contributed by atoms with E-state index in [4.69, 9.17) is 21.4 Å². The van der Waals surface area contributed by atoms with Crippen LogP contribution in [-0.2, 0) is 9.59 Å². The van der Waals surface area contributed by atoms with Crippen molar-refractivity contribution >= 4 is 34.9 Å². The average molecular weight is 312 g/mol. The number of hydrogen-bond acceptors (Lipinski definition) is 4. The third kappa shape index (κ3) is 3.16. The predicted octanol–water partition coefficient (Wildman–Crippen LogP) is 2.35. The van der Waals surface area contributed by atoms with Crippen LogP contribution in [0.5, 0.6) is 5.75 Å². The Morgan fingerprint density at radius 1 is 1.43 bits per heavy atom. The van der Waals surface area contributed by atoms with Crippen LogP contribution in [0, 0.1) is 5.41 Å². The fourth-order valence-corrected chi connectivity index (χ4v) is 2.16. The van der Waals surface area contributed by atoms with Crippen molar-refractivity contribution in [3.8, 4) is 5.75 Å². The summed E-state index contributed by atoms with van der Waals surface area (Å²) in [6, 6.07) is 2.85. The van der Waals surface area contributed by atoms with Crippen molar-refractivity contribution in [2.75, 3.05) is 11.9 Å². The second-order valence-electron chi connectivity index (χ2n) is 5.45. The molecule has 0 unspecified atom stereocenters. The van der Waals surface area contributed by atoms with E-state index in [1.54, 1.807) is 0 Å². The van der Waals surface area contributed by atoms with Crippen LogP contribution in [0.2, 0.25) is 5.02 Å². The number of carboxylic acid groups (broad SMARTS) is 1. The lowest BCUT2D eigenvalue weighted by Crippen LogP contribution is -2.28. The molecular formula is C14H14ClNO5. The number of hydrogen-bond donors (Lipinski definition) is 2. The number of Topliss-reactive ketones (excluding diaryl/α,β-unsaturated/α-hetero) is 1. The number of anilines is 1. The molecule has 0 saturated carbocycles. The molecule has 7 heteroatoms. The van der Waals surface area contributed by atoms with E-state index >= 15 is 0 Å². The summed E-state index contributed by atoms with van der Waals surface area (Å²) in [6.45, 7) is 2.80. The summed E-state index contributed by atoms with van der Waals surface area (Å²) in [7, 11) is 0. The van der Waals surface area contributed by atoms with E-state index in [2.05, 4.69) is 5.32 Å². The largest absolute Gasteiger partial charge is 0.482 e. The number of aliphatic carboxylic acids is 1. The Labute approximate surface area is 126 Å². The van der Waals surface area contributed by atoms with Gasteiger partial charge in [-0.1, -0.05) is 11.6 Å². The molecule has 0 spiro atoms. The Morgan fingerprint density at radius 3 is 2.71 bits per heavy atom.